The number of aliphatic carboxylic acids is 1. The standard InChI is InChI=1S/C15H17NO4/c17-14(18)15(9-11-1-4-12(15)7-11)8-10-2-5-13(6-3-10)16(19)20/h2-3,5-6,11-12H,1,4,7-9H2,(H,17,18). The number of carboxylic acid groups (broad SMARTS) is 1. The van der Waals surface area contributed by atoms with Crippen molar-refractivity contribution in [3.8, 4) is 0 Å². The van der Waals surface area contributed by atoms with Crippen molar-refractivity contribution in [1.29, 1.82) is 0 Å². The molecule has 2 aliphatic rings. The maximum Gasteiger partial charge on any atom is 0.310 e. The van der Waals surface area contributed by atoms with E-state index in [9.17, 15) is 20.0 Å². The zero-order valence-electron chi connectivity index (χ0n) is 11.1. The molecule has 1 N–H and O–H groups in total. The molecule has 3 rings (SSSR count). The maximum atomic E-state index is 11.8. The van der Waals surface area contributed by atoms with Gasteiger partial charge >= 0.3 is 5.97 Å². The van der Waals surface area contributed by atoms with Gasteiger partial charge in [0.15, 0.2) is 0 Å². The minimum Gasteiger partial charge on any atom is -0.481 e. The van der Waals surface area contributed by atoms with Crippen molar-refractivity contribution in [2.75, 3.05) is 0 Å². The Morgan fingerprint density at radius 1 is 1.35 bits per heavy atom. The fourth-order valence-corrected chi connectivity index (χ4v) is 4.10. The molecule has 0 spiro atoms. The Morgan fingerprint density at radius 3 is 2.50 bits per heavy atom. The normalized spacial score (nSPS) is 31.4. The zero-order chi connectivity index (χ0) is 14.3. The second-order valence-electron chi connectivity index (χ2n) is 6.14. The van der Waals surface area contributed by atoms with Crippen LogP contribution in [0.15, 0.2) is 24.3 Å². The van der Waals surface area contributed by atoms with E-state index in [4.69, 9.17) is 0 Å². The monoisotopic (exact) mass is 275 g/mol. The molecule has 2 saturated carbocycles. The minimum atomic E-state index is -0.706. The van der Waals surface area contributed by atoms with Gasteiger partial charge in [-0.2, -0.15) is 0 Å². The Morgan fingerprint density at radius 2 is 2.05 bits per heavy atom. The van der Waals surface area contributed by atoms with E-state index in [-0.39, 0.29) is 11.6 Å². The summed E-state index contributed by atoms with van der Waals surface area (Å²) in [6.07, 6.45) is 4.43. The van der Waals surface area contributed by atoms with E-state index in [1.54, 1.807) is 12.1 Å². The van der Waals surface area contributed by atoms with E-state index >= 15 is 0 Å². The first-order valence-electron chi connectivity index (χ1n) is 6.98. The largest absolute Gasteiger partial charge is 0.481 e. The van der Waals surface area contributed by atoms with Gasteiger partial charge in [0, 0.05) is 12.1 Å². The lowest BCUT2D eigenvalue weighted by Gasteiger charge is -2.33. The number of fused-ring (bicyclic) bond motifs is 2. The summed E-state index contributed by atoms with van der Waals surface area (Å²) in [6, 6.07) is 6.29. The van der Waals surface area contributed by atoms with Crippen LogP contribution in [0.5, 0.6) is 0 Å². The fraction of sp³-hybridized carbons (Fsp3) is 0.533. The van der Waals surface area contributed by atoms with Gasteiger partial charge in [-0.15, -0.1) is 0 Å². The lowest BCUT2D eigenvalue weighted by Crippen LogP contribution is -2.38. The van der Waals surface area contributed by atoms with Crippen LogP contribution in [-0.4, -0.2) is 16.0 Å². The van der Waals surface area contributed by atoms with Crippen LogP contribution < -0.4 is 0 Å². The lowest BCUT2D eigenvalue weighted by atomic mass is 9.69. The Hall–Kier alpha value is -1.91. The third kappa shape index (κ3) is 1.97. The van der Waals surface area contributed by atoms with Gasteiger partial charge in [-0.05, 0) is 43.1 Å². The first kappa shape index (κ1) is 13.1. The van der Waals surface area contributed by atoms with Crippen LogP contribution in [0, 0.1) is 27.4 Å². The number of rotatable bonds is 4. The van der Waals surface area contributed by atoms with Crippen molar-refractivity contribution in [3.05, 3.63) is 39.9 Å². The number of non-ortho nitro benzene ring substituents is 1. The van der Waals surface area contributed by atoms with Gasteiger partial charge in [-0.3, -0.25) is 14.9 Å². The number of nitrogens with zero attached hydrogens (tertiary/aromatic N) is 1. The van der Waals surface area contributed by atoms with E-state index in [1.807, 2.05) is 0 Å². The van der Waals surface area contributed by atoms with Crippen LogP contribution in [0.3, 0.4) is 0 Å². The van der Waals surface area contributed by atoms with Gasteiger partial charge in [0.05, 0.1) is 10.3 Å². The van der Waals surface area contributed by atoms with Crippen molar-refractivity contribution in [2.24, 2.45) is 17.3 Å². The van der Waals surface area contributed by atoms with Crippen molar-refractivity contribution >= 4 is 11.7 Å². The molecule has 3 unspecified atom stereocenters. The smallest absolute Gasteiger partial charge is 0.310 e. The molecular formula is C15H17NO4. The summed E-state index contributed by atoms with van der Waals surface area (Å²) in [5.74, 6) is 0.109. The molecule has 5 nitrogen and oxygen atoms in total. The van der Waals surface area contributed by atoms with Crippen LogP contribution in [0.2, 0.25) is 0 Å². The molecule has 1 aromatic rings. The van der Waals surface area contributed by atoms with Crippen LogP contribution in [0.1, 0.15) is 31.2 Å². The molecule has 0 amide bonds. The van der Waals surface area contributed by atoms with E-state index in [2.05, 4.69) is 0 Å². The molecule has 2 fully saturated rings. The molecule has 3 atom stereocenters. The molecule has 2 bridgehead atoms. The highest BCUT2D eigenvalue weighted by Gasteiger charge is 2.55. The number of nitro benzene ring substituents is 1. The van der Waals surface area contributed by atoms with Crippen LogP contribution in [-0.2, 0) is 11.2 Å². The van der Waals surface area contributed by atoms with Gasteiger partial charge in [0.25, 0.3) is 5.69 Å². The zero-order valence-corrected chi connectivity index (χ0v) is 11.1. The third-order valence-electron chi connectivity index (χ3n) is 5.07. The summed E-state index contributed by atoms with van der Waals surface area (Å²) in [5.41, 5.74) is 0.274. The van der Waals surface area contributed by atoms with Gasteiger partial charge < -0.3 is 5.11 Å². The van der Waals surface area contributed by atoms with Gasteiger partial charge in [0.1, 0.15) is 0 Å². The Bertz CT molecular complexity index is 553. The SMILES string of the molecule is O=C(O)C1(Cc2ccc([N+](=O)[O-])cc2)CC2CCC1C2. The predicted octanol–water partition coefficient (Wildman–Crippen LogP) is 3.03. The van der Waals surface area contributed by atoms with Crippen LogP contribution in [0.4, 0.5) is 5.69 Å². The third-order valence-corrected chi connectivity index (χ3v) is 5.07. The Kier molecular flexibility index (Phi) is 3.00. The van der Waals surface area contributed by atoms with Crippen molar-refractivity contribution in [2.45, 2.75) is 32.1 Å². The summed E-state index contributed by atoms with van der Waals surface area (Å²) in [5, 5.41) is 20.3. The van der Waals surface area contributed by atoms with E-state index in [0.29, 0.717) is 12.3 Å². The first-order valence-corrected chi connectivity index (χ1v) is 6.98. The molecule has 0 radical (unpaired) electrons. The van der Waals surface area contributed by atoms with E-state index in [0.717, 1.165) is 31.2 Å². The summed E-state index contributed by atoms with van der Waals surface area (Å²) >= 11 is 0. The highest BCUT2D eigenvalue weighted by atomic mass is 16.6. The molecular weight excluding hydrogens is 258 g/mol. The maximum absolute atomic E-state index is 11.8. The number of hydrogen-bond donors (Lipinski definition) is 1. The minimum absolute atomic E-state index is 0.0473. The van der Waals surface area contributed by atoms with Crippen LogP contribution >= 0.6 is 0 Å². The van der Waals surface area contributed by atoms with E-state index < -0.39 is 16.3 Å². The second-order valence-corrected chi connectivity index (χ2v) is 6.14. The number of benzene rings is 1. The first-order chi connectivity index (χ1) is 9.51. The lowest BCUT2D eigenvalue weighted by molar-refractivity contribution is -0.384. The molecule has 5 heteroatoms. The quantitative estimate of drug-likeness (QED) is 0.676. The van der Waals surface area contributed by atoms with Gasteiger partial charge in [-0.1, -0.05) is 18.6 Å². The van der Waals surface area contributed by atoms with Gasteiger partial charge in [0.2, 0.25) is 0 Å². The van der Waals surface area contributed by atoms with Crippen LogP contribution in [0.25, 0.3) is 0 Å². The Labute approximate surface area is 116 Å². The number of nitro groups is 1. The molecule has 1 aromatic carbocycles. The summed E-state index contributed by atoms with van der Waals surface area (Å²) in [6.45, 7) is 0. The second kappa shape index (κ2) is 4.58. The topological polar surface area (TPSA) is 80.4 Å². The Balaban J connectivity index is 1.84. The highest BCUT2D eigenvalue weighted by molar-refractivity contribution is 5.76. The van der Waals surface area contributed by atoms with Crippen molar-refractivity contribution < 1.29 is 14.8 Å². The summed E-state index contributed by atoms with van der Waals surface area (Å²) in [4.78, 5) is 22.0. The van der Waals surface area contributed by atoms with Crippen molar-refractivity contribution in [3.63, 3.8) is 0 Å². The molecule has 20 heavy (non-hydrogen) atoms. The van der Waals surface area contributed by atoms with E-state index in [1.165, 1.54) is 12.1 Å². The molecule has 2 aliphatic carbocycles. The highest BCUT2D eigenvalue weighted by Crippen LogP contribution is 2.57. The number of hydrogen-bond acceptors (Lipinski definition) is 3. The van der Waals surface area contributed by atoms with Crippen molar-refractivity contribution in [1.82, 2.24) is 0 Å². The predicted molar refractivity (Wildman–Crippen MR) is 72.3 cm³/mol. The molecule has 0 aliphatic heterocycles. The average molecular weight is 275 g/mol. The number of carbonyl (C=O) groups is 1. The molecule has 106 valence electrons. The summed E-state index contributed by atoms with van der Waals surface area (Å²) < 4.78 is 0. The molecule has 0 heterocycles. The fourth-order valence-electron chi connectivity index (χ4n) is 4.10. The summed E-state index contributed by atoms with van der Waals surface area (Å²) in [7, 11) is 0. The number of carboxylic acids is 1. The average Bonchev–Trinajstić information content (AvgIpc) is 3.00. The molecule has 0 aromatic heterocycles. The van der Waals surface area contributed by atoms with Gasteiger partial charge in [-0.25, -0.2) is 0 Å². The molecule has 0 saturated heterocycles.